The van der Waals surface area contributed by atoms with Crippen molar-refractivity contribution in [3.8, 4) is 0 Å². The van der Waals surface area contributed by atoms with Crippen LogP contribution in [0.1, 0.15) is 11.7 Å². The molecule has 1 aromatic carbocycles. The van der Waals surface area contributed by atoms with Crippen LogP contribution in [0.3, 0.4) is 0 Å². The predicted octanol–water partition coefficient (Wildman–Crippen LogP) is 3.64. The first-order valence-corrected chi connectivity index (χ1v) is 6.61. The Hall–Kier alpha value is -1.10. The van der Waals surface area contributed by atoms with Gasteiger partial charge in [-0.1, -0.05) is 23.7 Å². The zero-order chi connectivity index (χ0) is 13.0. The zero-order valence-electron chi connectivity index (χ0n) is 9.48. The van der Waals surface area contributed by atoms with Gasteiger partial charge in [0.25, 0.3) is 0 Å². The van der Waals surface area contributed by atoms with Crippen molar-refractivity contribution >= 4 is 33.3 Å². The standard InChI is InChI=1S/C13H12BrClN2O/c14-10-3-6-13(16-7-10)17-8-12(18)9-1-4-11(15)5-2-9/h1-7,12,18H,8H2,(H,16,17). The molecule has 3 nitrogen and oxygen atoms in total. The molecular weight excluding hydrogens is 316 g/mol. The van der Waals surface area contributed by atoms with Gasteiger partial charge < -0.3 is 10.4 Å². The summed E-state index contributed by atoms with van der Waals surface area (Å²) in [5.41, 5.74) is 0.823. The highest BCUT2D eigenvalue weighted by atomic mass is 79.9. The molecule has 18 heavy (non-hydrogen) atoms. The fourth-order valence-electron chi connectivity index (χ4n) is 1.48. The summed E-state index contributed by atoms with van der Waals surface area (Å²) in [6, 6.07) is 10.9. The van der Waals surface area contributed by atoms with Gasteiger partial charge >= 0.3 is 0 Å². The topological polar surface area (TPSA) is 45.1 Å². The third-order valence-electron chi connectivity index (χ3n) is 2.46. The van der Waals surface area contributed by atoms with Crippen molar-refractivity contribution in [2.24, 2.45) is 0 Å². The molecule has 0 saturated carbocycles. The van der Waals surface area contributed by atoms with E-state index < -0.39 is 6.10 Å². The van der Waals surface area contributed by atoms with Gasteiger partial charge in [0.15, 0.2) is 0 Å². The molecule has 0 aliphatic heterocycles. The minimum absolute atomic E-state index is 0.399. The second-order valence-corrected chi connectivity index (χ2v) is 5.16. The Morgan fingerprint density at radius 1 is 1.22 bits per heavy atom. The Morgan fingerprint density at radius 2 is 1.94 bits per heavy atom. The second kappa shape index (κ2) is 6.18. The van der Waals surface area contributed by atoms with E-state index in [1.165, 1.54) is 0 Å². The van der Waals surface area contributed by atoms with Crippen molar-refractivity contribution in [3.05, 3.63) is 57.7 Å². The molecule has 0 spiro atoms. The van der Waals surface area contributed by atoms with Crippen LogP contribution in [0.15, 0.2) is 47.1 Å². The van der Waals surface area contributed by atoms with Crippen LogP contribution in [0.2, 0.25) is 5.02 Å². The number of aliphatic hydroxyl groups excluding tert-OH is 1. The molecule has 0 fully saturated rings. The first-order valence-electron chi connectivity index (χ1n) is 5.44. The van der Waals surface area contributed by atoms with Crippen molar-refractivity contribution in [1.29, 1.82) is 0 Å². The van der Waals surface area contributed by atoms with E-state index in [0.717, 1.165) is 15.9 Å². The molecule has 0 aliphatic carbocycles. The molecule has 1 unspecified atom stereocenters. The first kappa shape index (κ1) is 13.3. The van der Waals surface area contributed by atoms with Gasteiger partial charge in [0.05, 0.1) is 6.10 Å². The number of aromatic nitrogens is 1. The molecule has 0 radical (unpaired) electrons. The number of hydrogen-bond acceptors (Lipinski definition) is 3. The molecule has 0 bridgehead atoms. The summed E-state index contributed by atoms with van der Waals surface area (Å²) < 4.78 is 0.922. The third kappa shape index (κ3) is 3.70. The van der Waals surface area contributed by atoms with Gasteiger partial charge in [-0.05, 0) is 45.8 Å². The third-order valence-corrected chi connectivity index (χ3v) is 3.18. The van der Waals surface area contributed by atoms with Crippen LogP contribution >= 0.6 is 27.5 Å². The van der Waals surface area contributed by atoms with E-state index in [1.807, 2.05) is 24.3 Å². The van der Waals surface area contributed by atoms with Gasteiger partial charge in [-0.15, -0.1) is 0 Å². The molecule has 1 aromatic heterocycles. The maximum absolute atomic E-state index is 9.98. The summed E-state index contributed by atoms with van der Waals surface area (Å²) in [5.74, 6) is 0.728. The van der Waals surface area contributed by atoms with Crippen LogP contribution in [0.5, 0.6) is 0 Å². The van der Waals surface area contributed by atoms with Gasteiger partial charge in [-0.25, -0.2) is 4.98 Å². The molecule has 2 N–H and O–H groups in total. The number of pyridine rings is 1. The van der Waals surface area contributed by atoms with Gasteiger partial charge in [0.2, 0.25) is 0 Å². The molecule has 1 heterocycles. The molecule has 1 atom stereocenters. The van der Waals surface area contributed by atoms with E-state index in [-0.39, 0.29) is 0 Å². The number of hydrogen-bond donors (Lipinski definition) is 2. The Morgan fingerprint density at radius 3 is 2.56 bits per heavy atom. The van der Waals surface area contributed by atoms with E-state index in [4.69, 9.17) is 11.6 Å². The van der Waals surface area contributed by atoms with E-state index >= 15 is 0 Å². The van der Waals surface area contributed by atoms with Crippen LogP contribution < -0.4 is 5.32 Å². The molecule has 2 aromatic rings. The van der Waals surface area contributed by atoms with Gasteiger partial charge in [-0.3, -0.25) is 0 Å². The number of nitrogens with one attached hydrogen (secondary N) is 1. The van der Waals surface area contributed by atoms with Crippen molar-refractivity contribution in [3.63, 3.8) is 0 Å². The van der Waals surface area contributed by atoms with Crippen LogP contribution in [0.4, 0.5) is 5.82 Å². The maximum Gasteiger partial charge on any atom is 0.126 e. The van der Waals surface area contributed by atoms with Crippen LogP contribution in [-0.2, 0) is 0 Å². The Labute approximate surface area is 119 Å². The molecular formula is C13H12BrClN2O. The zero-order valence-corrected chi connectivity index (χ0v) is 11.8. The Kier molecular flexibility index (Phi) is 4.58. The smallest absolute Gasteiger partial charge is 0.126 e. The van der Waals surface area contributed by atoms with E-state index in [0.29, 0.717) is 11.6 Å². The molecule has 0 aliphatic rings. The summed E-state index contributed by atoms with van der Waals surface area (Å²) in [6.45, 7) is 0.399. The fourth-order valence-corrected chi connectivity index (χ4v) is 1.84. The molecule has 2 rings (SSSR count). The average molecular weight is 328 g/mol. The summed E-state index contributed by atoms with van der Waals surface area (Å²) in [4.78, 5) is 4.17. The van der Waals surface area contributed by atoms with Gasteiger partial charge in [0.1, 0.15) is 5.82 Å². The number of rotatable bonds is 4. The van der Waals surface area contributed by atoms with Crippen LogP contribution in [0, 0.1) is 0 Å². The number of halogens is 2. The van der Waals surface area contributed by atoms with Crippen molar-refractivity contribution in [2.75, 3.05) is 11.9 Å². The van der Waals surface area contributed by atoms with Crippen LogP contribution in [-0.4, -0.2) is 16.6 Å². The summed E-state index contributed by atoms with van der Waals surface area (Å²) in [6.07, 6.45) is 1.12. The summed E-state index contributed by atoms with van der Waals surface area (Å²) in [5, 5.41) is 13.7. The van der Waals surface area contributed by atoms with E-state index in [1.54, 1.807) is 18.3 Å². The average Bonchev–Trinajstić information content (AvgIpc) is 2.38. The monoisotopic (exact) mass is 326 g/mol. The molecule has 94 valence electrons. The lowest BCUT2D eigenvalue weighted by Crippen LogP contribution is -2.12. The largest absolute Gasteiger partial charge is 0.387 e. The lowest BCUT2D eigenvalue weighted by atomic mass is 10.1. The predicted molar refractivity (Wildman–Crippen MR) is 76.8 cm³/mol. The highest BCUT2D eigenvalue weighted by Gasteiger charge is 2.07. The Balaban J connectivity index is 1.93. The second-order valence-electron chi connectivity index (χ2n) is 3.81. The highest BCUT2D eigenvalue weighted by Crippen LogP contribution is 2.17. The lowest BCUT2D eigenvalue weighted by molar-refractivity contribution is 0.191. The summed E-state index contributed by atoms with van der Waals surface area (Å²) in [7, 11) is 0. The molecule has 5 heteroatoms. The van der Waals surface area contributed by atoms with Crippen molar-refractivity contribution in [1.82, 2.24) is 4.98 Å². The highest BCUT2D eigenvalue weighted by molar-refractivity contribution is 9.10. The molecule has 0 saturated heterocycles. The van der Waals surface area contributed by atoms with Crippen LogP contribution in [0.25, 0.3) is 0 Å². The SMILES string of the molecule is OC(CNc1ccc(Br)cn1)c1ccc(Cl)cc1. The minimum atomic E-state index is -0.590. The Bertz CT molecular complexity index is 501. The van der Waals surface area contributed by atoms with Gasteiger partial charge in [0, 0.05) is 22.2 Å². The number of aliphatic hydroxyl groups is 1. The van der Waals surface area contributed by atoms with E-state index in [2.05, 4.69) is 26.2 Å². The van der Waals surface area contributed by atoms with E-state index in [9.17, 15) is 5.11 Å². The number of anilines is 1. The lowest BCUT2D eigenvalue weighted by Gasteiger charge is -2.12. The maximum atomic E-state index is 9.98. The number of benzene rings is 1. The number of nitrogens with zero attached hydrogens (tertiary/aromatic N) is 1. The molecule has 0 amide bonds. The van der Waals surface area contributed by atoms with Gasteiger partial charge in [-0.2, -0.15) is 0 Å². The summed E-state index contributed by atoms with van der Waals surface area (Å²) >= 11 is 9.11. The normalized spacial score (nSPS) is 12.2. The fraction of sp³-hybridized carbons (Fsp3) is 0.154. The van der Waals surface area contributed by atoms with Crippen molar-refractivity contribution < 1.29 is 5.11 Å². The minimum Gasteiger partial charge on any atom is -0.387 e. The van der Waals surface area contributed by atoms with Crippen molar-refractivity contribution in [2.45, 2.75) is 6.10 Å². The first-order chi connectivity index (χ1) is 8.65. The quantitative estimate of drug-likeness (QED) is 0.901.